The quantitative estimate of drug-likeness (QED) is 0.173. The van der Waals surface area contributed by atoms with Crippen molar-refractivity contribution in [2.75, 3.05) is 0 Å². The lowest BCUT2D eigenvalue weighted by Gasteiger charge is -2.40. The molecule has 1 spiro atoms. The molecule has 1 unspecified atom stereocenters. The van der Waals surface area contributed by atoms with Crippen molar-refractivity contribution in [3.63, 3.8) is 0 Å². The van der Waals surface area contributed by atoms with Gasteiger partial charge in [-0.25, -0.2) is 0 Å². The Bertz CT molecular complexity index is 2600. The van der Waals surface area contributed by atoms with Gasteiger partial charge in [0, 0.05) is 31.3 Å². The molecular weight excluding hydrogens is 633 g/mol. The van der Waals surface area contributed by atoms with E-state index in [1.165, 1.54) is 42.4 Å². The van der Waals surface area contributed by atoms with Crippen molar-refractivity contribution in [2.24, 2.45) is 0 Å². The molecule has 1 atom stereocenters. The van der Waals surface area contributed by atoms with E-state index in [0.29, 0.717) is 5.56 Å². The van der Waals surface area contributed by atoms with Gasteiger partial charge in [-0.1, -0.05) is 84.9 Å². The Morgan fingerprint density at radius 2 is 1.32 bits per heavy atom. The molecule has 50 heavy (non-hydrogen) atoms. The predicted molar refractivity (Wildman–Crippen MR) is 203 cm³/mol. The Hall–Kier alpha value is -5.19. The molecule has 1 aliphatic carbocycles. The summed E-state index contributed by atoms with van der Waals surface area (Å²) in [7, 11) is -0.520. The average Bonchev–Trinajstić information content (AvgIpc) is 3.73. The molecule has 10 rings (SSSR count). The minimum atomic E-state index is -0.686. The number of rotatable bonds is 2. The molecule has 1 aromatic heterocycles. The number of hydrogen-bond acceptors (Lipinski definition) is 5. The summed E-state index contributed by atoms with van der Waals surface area (Å²) in [6.45, 7) is 8.38. The van der Waals surface area contributed by atoms with E-state index in [1.54, 1.807) is 0 Å². The Morgan fingerprint density at radius 3 is 2.10 bits per heavy atom. The number of hydrogen-bond donors (Lipinski definition) is 0. The largest absolute Gasteiger partial charge is 0.494 e. The van der Waals surface area contributed by atoms with Crippen LogP contribution in [0, 0.1) is 11.3 Å². The minimum Gasteiger partial charge on any atom is -0.457 e. The fourth-order valence-corrected chi connectivity index (χ4v) is 9.60. The molecule has 0 saturated carbocycles. The third kappa shape index (κ3) is 3.83. The van der Waals surface area contributed by atoms with Gasteiger partial charge in [-0.05, 0) is 103 Å². The van der Waals surface area contributed by atoms with Gasteiger partial charge in [0.1, 0.15) is 11.5 Å². The van der Waals surface area contributed by atoms with Crippen LogP contribution in [0.4, 0.5) is 0 Å². The number of benzene rings is 6. The van der Waals surface area contributed by atoms with Crippen LogP contribution in [-0.2, 0) is 14.7 Å². The lowest BCUT2D eigenvalue weighted by atomic mass is 9.64. The zero-order valence-corrected chi connectivity index (χ0v) is 29.0. The molecule has 3 aliphatic rings. The Labute approximate surface area is 295 Å². The highest BCUT2D eigenvalue weighted by Crippen LogP contribution is 2.64. The minimum absolute atomic E-state index is 0.470. The van der Waals surface area contributed by atoms with E-state index in [-0.39, 0.29) is 0 Å². The second-order valence-corrected chi connectivity index (χ2v) is 15.6. The van der Waals surface area contributed by atoms with Crippen molar-refractivity contribution in [2.45, 2.75) is 44.3 Å². The number of para-hydroxylation sites is 1. The van der Waals surface area contributed by atoms with Gasteiger partial charge < -0.3 is 14.0 Å². The van der Waals surface area contributed by atoms with E-state index in [9.17, 15) is 5.26 Å². The molecular formula is C44H32BNO3S. The summed E-state index contributed by atoms with van der Waals surface area (Å²) in [6, 6.07) is 45.3. The van der Waals surface area contributed by atoms with Gasteiger partial charge in [0.2, 0.25) is 0 Å². The molecule has 6 heteroatoms. The molecule has 240 valence electrons. The summed E-state index contributed by atoms with van der Waals surface area (Å²) >= 11 is 1.84. The molecule has 1 fully saturated rings. The highest BCUT2D eigenvalue weighted by Gasteiger charge is 2.55. The van der Waals surface area contributed by atoms with Gasteiger partial charge in [0.25, 0.3) is 0 Å². The summed E-state index contributed by atoms with van der Waals surface area (Å²) in [5, 5.41) is 12.1. The molecule has 1 saturated heterocycles. The zero-order chi connectivity index (χ0) is 34.0. The number of fused-ring (bicyclic) bond motifs is 13. The maximum atomic E-state index is 9.63. The SMILES string of the molecule is CC1(C)OB(c2ccc3c(c2)C2(c4ccccc4O3)c3ccccc3-c3c2cc(-c2ccc(C#N)cc2)c2sc4ccccc4c32)OC1(C)C. The predicted octanol–water partition coefficient (Wildman–Crippen LogP) is 10.4. The van der Waals surface area contributed by atoms with E-state index in [2.05, 4.69) is 143 Å². The van der Waals surface area contributed by atoms with Crippen LogP contribution < -0.4 is 10.2 Å². The molecule has 0 amide bonds. The van der Waals surface area contributed by atoms with Crippen molar-refractivity contribution < 1.29 is 14.0 Å². The van der Waals surface area contributed by atoms with Crippen LogP contribution in [0.1, 0.15) is 55.5 Å². The molecule has 6 aromatic carbocycles. The zero-order valence-electron chi connectivity index (χ0n) is 28.2. The molecule has 3 heterocycles. The summed E-state index contributed by atoms with van der Waals surface area (Å²) in [5.74, 6) is 1.67. The van der Waals surface area contributed by atoms with Gasteiger partial charge >= 0.3 is 7.12 Å². The van der Waals surface area contributed by atoms with Gasteiger partial charge in [-0.3, -0.25) is 0 Å². The van der Waals surface area contributed by atoms with Crippen molar-refractivity contribution in [1.29, 1.82) is 5.26 Å². The van der Waals surface area contributed by atoms with Crippen molar-refractivity contribution in [3.8, 4) is 39.8 Å². The molecule has 0 bridgehead atoms. The number of thiophene rings is 1. The third-order valence-electron chi connectivity index (χ3n) is 11.4. The van der Waals surface area contributed by atoms with Gasteiger partial charge in [-0.2, -0.15) is 5.26 Å². The first-order valence-electron chi connectivity index (χ1n) is 17.1. The van der Waals surface area contributed by atoms with Crippen LogP contribution in [0.15, 0.2) is 121 Å². The second kappa shape index (κ2) is 10.2. The van der Waals surface area contributed by atoms with E-state index >= 15 is 0 Å². The summed E-state index contributed by atoms with van der Waals surface area (Å²) < 4.78 is 22.5. The summed E-state index contributed by atoms with van der Waals surface area (Å²) in [5.41, 5.74) is 9.33. The van der Waals surface area contributed by atoms with Crippen LogP contribution in [0.25, 0.3) is 42.4 Å². The van der Waals surface area contributed by atoms with Crippen LogP contribution in [-0.4, -0.2) is 18.3 Å². The Morgan fingerprint density at radius 1 is 0.640 bits per heavy atom. The third-order valence-corrected chi connectivity index (χ3v) is 12.6. The number of nitriles is 1. The molecule has 0 radical (unpaired) electrons. The van der Waals surface area contributed by atoms with Crippen LogP contribution >= 0.6 is 11.3 Å². The van der Waals surface area contributed by atoms with Gasteiger partial charge in [-0.15, -0.1) is 11.3 Å². The first-order chi connectivity index (χ1) is 24.2. The topological polar surface area (TPSA) is 51.5 Å². The number of nitrogens with zero attached hydrogens (tertiary/aromatic N) is 1. The fraction of sp³-hybridized carbons (Fsp3) is 0.159. The maximum Gasteiger partial charge on any atom is 0.494 e. The van der Waals surface area contributed by atoms with E-state index < -0.39 is 23.7 Å². The lowest BCUT2D eigenvalue weighted by Crippen LogP contribution is -2.41. The summed E-state index contributed by atoms with van der Waals surface area (Å²) in [4.78, 5) is 0. The standard InChI is InChI=1S/C44H32BNO3S/c1-42(2)43(3,4)49-45(48-42)28-21-22-37-34(23-28)44(33-14-8-9-15-36(33)47-37)32-13-7-5-11-29(32)39-35(44)24-31(27-19-17-26(25-46)18-20-27)41-40(39)30-12-6-10-16-38(30)50-41/h5-24H,1-4H3. The number of ether oxygens (including phenoxy) is 1. The van der Waals surface area contributed by atoms with Gasteiger partial charge in [0.15, 0.2) is 0 Å². The maximum absolute atomic E-state index is 9.63. The monoisotopic (exact) mass is 665 g/mol. The molecule has 4 nitrogen and oxygen atoms in total. The van der Waals surface area contributed by atoms with Gasteiger partial charge in [0.05, 0.1) is 28.2 Å². The first-order valence-corrected chi connectivity index (χ1v) is 17.9. The smallest absolute Gasteiger partial charge is 0.457 e. The average molecular weight is 666 g/mol. The molecule has 2 aliphatic heterocycles. The Balaban J connectivity index is 1.35. The summed E-state index contributed by atoms with van der Waals surface area (Å²) in [6.07, 6.45) is 0. The fourth-order valence-electron chi connectivity index (χ4n) is 8.35. The van der Waals surface area contributed by atoms with Crippen molar-refractivity contribution in [3.05, 3.63) is 149 Å². The molecule has 7 aromatic rings. The van der Waals surface area contributed by atoms with Crippen LogP contribution in [0.5, 0.6) is 11.5 Å². The molecule has 0 N–H and O–H groups in total. The highest BCUT2D eigenvalue weighted by atomic mass is 32.1. The van der Waals surface area contributed by atoms with Crippen LogP contribution in [0.3, 0.4) is 0 Å². The normalized spacial score (nSPS) is 19.1. The van der Waals surface area contributed by atoms with Crippen LogP contribution in [0.2, 0.25) is 0 Å². The first kappa shape index (κ1) is 29.7. The lowest BCUT2D eigenvalue weighted by molar-refractivity contribution is 0.00578. The van der Waals surface area contributed by atoms with E-state index in [1.807, 2.05) is 23.5 Å². The van der Waals surface area contributed by atoms with Crippen molar-refractivity contribution >= 4 is 44.1 Å². The van der Waals surface area contributed by atoms with E-state index in [0.717, 1.165) is 39.2 Å². The van der Waals surface area contributed by atoms with E-state index in [4.69, 9.17) is 14.0 Å². The highest BCUT2D eigenvalue weighted by molar-refractivity contribution is 7.26. The van der Waals surface area contributed by atoms with Crippen molar-refractivity contribution in [1.82, 2.24) is 0 Å². The Kier molecular flexibility index (Phi) is 6.05. The second-order valence-electron chi connectivity index (χ2n) is 14.6.